The number of halogens is 5. The summed E-state index contributed by atoms with van der Waals surface area (Å²) in [5, 5.41) is 4.37. The summed E-state index contributed by atoms with van der Waals surface area (Å²) in [5.41, 5.74) is 4.70. The zero-order valence-corrected chi connectivity index (χ0v) is 18.5. The molecule has 0 aliphatic carbocycles. The molecule has 0 radical (unpaired) electrons. The summed E-state index contributed by atoms with van der Waals surface area (Å²) < 4.78 is 53.3. The molecule has 0 bridgehead atoms. The summed E-state index contributed by atoms with van der Waals surface area (Å²) in [7, 11) is 0. The lowest BCUT2D eigenvalue weighted by Gasteiger charge is -2.23. The Labute approximate surface area is 193 Å². The molecule has 4 rings (SSSR count). The number of thiophene rings is 1. The maximum Gasteiger partial charge on any atom is 0.416 e. The van der Waals surface area contributed by atoms with E-state index in [1.165, 1.54) is 22.4 Å². The van der Waals surface area contributed by atoms with Crippen molar-refractivity contribution in [2.24, 2.45) is 0 Å². The van der Waals surface area contributed by atoms with Crippen LogP contribution >= 0.6 is 28.3 Å². The molecule has 3 N–H and O–H groups in total. The number of nitrogens with zero attached hydrogens (tertiary/aromatic N) is 3. The van der Waals surface area contributed by atoms with E-state index in [9.17, 15) is 22.4 Å². The number of benzene rings is 2. The molecule has 0 saturated carbocycles. The van der Waals surface area contributed by atoms with Gasteiger partial charge in [-0.25, -0.2) is 19.2 Å². The third-order valence-corrected chi connectivity index (χ3v) is 5.20. The van der Waals surface area contributed by atoms with Gasteiger partial charge in [0.05, 0.1) is 28.0 Å². The number of alkyl halides is 3. The number of hydrogen-bond acceptors (Lipinski definition) is 5. The lowest BCUT2D eigenvalue weighted by atomic mass is 10.2. The van der Waals surface area contributed by atoms with Gasteiger partial charge in [-0.1, -0.05) is 18.2 Å². The number of rotatable bonds is 3. The lowest BCUT2D eigenvalue weighted by Crippen LogP contribution is -2.31. The van der Waals surface area contributed by atoms with Gasteiger partial charge < -0.3 is 11.1 Å². The molecule has 0 fully saturated rings. The van der Waals surface area contributed by atoms with Crippen LogP contribution in [0.25, 0.3) is 10.2 Å². The second-order valence-electron chi connectivity index (χ2n) is 6.36. The van der Waals surface area contributed by atoms with Gasteiger partial charge in [-0.3, -0.25) is 4.90 Å². The Balaban J connectivity index is 0.00000289. The van der Waals surface area contributed by atoms with Crippen molar-refractivity contribution in [3.63, 3.8) is 0 Å². The molecule has 4 aromatic rings. The van der Waals surface area contributed by atoms with Crippen LogP contribution < -0.4 is 16.0 Å². The van der Waals surface area contributed by atoms with Gasteiger partial charge in [-0.05, 0) is 30.3 Å². The lowest BCUT2D eigenvalue weighted by molar-refractivity contribution is -0.137. The van der Waals surface area contributed by atoms with Crippen molar-refractivity contribution in [2.75, 3.05) is 16.0 Å². The maximum atomic E-state index is 14.2. The van der Waals surface area contributed by atoms with Gasteiger partial charge in [-0.2, -0.15) is 13.2 Å². The Morgan fingerprint density at radius 1 is 1.12 bits per heavy atom. The summed E-state index contributed by atoms with van der Waals surface area (Å²) in [6.45, 7) is 0. The fraction of sp³-hybridized carbons (Fsp3) is 0.0500. The van der Waals surface area contributed by atoms with Crippen LogP contribution in [0, 0.1) is 5.82 Å². The molecule has 12 heteroatoms. The Kier molecular flexibility index (Phi) is 6.65. The van der Waals surface area contributed by atoms with Gasteiger partial charge in [0, 0.05) is 11.6 Å². The number of fused-ring (bicyclic) bond motifs is 1. The minimum Gasteiger partial charge on any atom is -0.368 e. The second kappa shape index (κ2) is 9.09. The van der Waals surface area contributed by atoms with Crippen molar-refractivity contribution in [2.45, 2.75) is 6.18 Å². The highest BCUT2D eigenvalue weighted by atomic mass is 79.9. The normalized spacial score (nSPS) is 11.1. The Morgan fingerprint density at radius 3 is 2.53 bits per heavy atom. The predicted octanol–water partition coefficient (Wildman–Crippen LogP) is 6.38. The molecule has 0 spiro atoms. The number of urea groups is 1. The van der Waals surface area contributed by atoms with Crippen LogP contribution in [-0.4, -0.2) is 16.0 Å². The third kappa shape index (κ3) is 4.65. The Hall–Kier alpha value is -3.25. The van der Waals surface area contributed by atoms with Gasteiger partial charge in [0.15, 0.2) is 0 Å². The first-order chi connectivity index (χ1) is 14.7. The molecule has 0 atom stereocenters. The molecular formula is C20H14BrF4N5OS. The molecule has 2 aromatic heterocycles. The van der Waals surface area contributed by atoms with E-state index in [0.29, 0.717) is 39.8 Å². The summed E-state index contributed by atoms with van der Waals surface area (Å²) >= 11 is 1.21. The smallest absolute Gasteiger partial charge is 0.368 e. The van der Waals surface area contributed by atoms with E-state index in [2.05, 4.69) is 15.3 Å². The summed E-state index contributed by atoms with van der Waals surface area (Å²) in [5.74, 6) is -0.941. The van der Waals surface area contributed by atoms with E-state index < -0.39 is 29.3 Å². The summed E-state index contributed by atoms with van der Waals surface area (Å²) in [4.78, 5) is 22.9. The number of aromatic nitrogens is 2. The molecule has 0 saturated heterocycles. The van der Waals surface area contributed by atoms with Gasteiger partial charge in [0.2, 0.25) is 5.95 Å². The number of anilines is 4. The van der Waals surface area contributed by atoms with Crippen molar-refractivity contribution in [3.8, 4) is 0 Å². The predicted molar refractivity (Wildman–Crippen MR) is 121 cm³/mol. The first-order valence-corrected chi connectivity index (χ1v) is 9.64. The van der Waals surface area contributed by atoms with Crippen molar-refractivity contribution < 1.29 is 22.4 Å². The number of carbonyl (C=O) groups is 1. The van der Waals surface area contributed by atoms with Gasteiger partial charge in [0.1, 0.15) is 10.6 Å². The quantitative estimate of drug-likeness (QED) is 0.303. The van der Waals surface area contributed by atoms with Crippen LogP contribution in [0.2, 0.25) is 0 Å². The average molecular weight is 528 g/mol. The van der Waals surface area contributed by atoms with Gasteiger partial charge in [-0.15, -0.1) is 28.3 Å². The SMILES string of the molecule is Br.Nc1ncc2c(N(C(=O)Nc3cc(C(F)(F)F)ccc3F)c3ccccc3)csc2n1. The van der Waals surface area contributed by atoms with Crippen LogP contribution in [0.15, 0.2) is 60.1 Å². The zero-order valence-electron chi connectivity index (χ0n) is 15.9. The van der Waals surface area contributed by atoms with Crippen LogP contribution in [0.1, 0.15) is 5.56 Å². The van der Waals surface area contributed by atoms with Crippen LogP contribution in [0.5, 0.6) is 0 Å². The average Bonchev–Trinajstić information content (AvgIpc) is 3.12. The van der Waals surface area contributed by atoms with Crippen molar-refractivity contribution in [1.29, 1.82) is 0 Å². The van der Waals surface area contributed by atoms with E-state index in [1.807, 2.05) is 0 Å². The highest BCUT2D eigenvalue weighted by Crippen LogP contribution is 2.37. The summed E-state index contributed by atoms with van der Waals surface area (Å²) in [6.07, 6.45) is -3.25. The number of para-hydroxylation sites is 1. The fourth-order valence-electron chi connectivity index (χ4n) is 2.90. The maximum absolute atomic E-state index is 14.2. The Morgan fingerprint density at radius 2 is 1.84 bits per heavy atom. The third-order valence-electron chi connectivity index (χ3n) is 4.32. The first-order valence-electron chi connectivity index (χ1n) is 8.76. The van der Waals surface area contributed by atoms with E-state index in [4.69, 9.17) is 5.73 Å². The molecule has 166 valence electrons. The number of amides is 2. The van der Waals surface area contributed by atoms with Crippen molar-refractivity contribution in [1.82, 2.24) is 9.97 Å². The van der Waals surface area contributed by atoms with Crippen LogP contribution in [0.3, 0.4) is 0 Å². The second-order valence-corrected chi connectivity index (χ2v) is 7.22. The number of nitrogen functional groups attached to an aromatic ring is 1. The molecule has 2 heterocycles. The molecule has 2 amide bonds. The van der Waals surface area contributed by atoms with E-state index in [1.54, 1.807) is 35.7 Å². The molecule has 2 aromatic carbocycles. The highest BCUT2D eigenvalue weighted by Gasteiger charge is 2.32. The van der Waals surface area contributed by atoms with Crippen LogP contribution in [-0.2, 0) is 6.18 Å². The fourth-order valence-corrected chi connectivity index (χ4v) is 3.79. The van der Waals surface area contributed by atoms with E-state index in [-0.39, 0.29) is 22.9 Å². The Bertz CT molecular complexity index is 1270. The topological polar surface area (TPSA) is 84.1 Å². The molecule has 0 aliphatic heterocycles. The van der Waals surface area contributed by atoms with Crippen LogP contribution in [0.4, 0.5) is 45.4 Å². The molecule has 6 nitrogen and oxygen atoms in total. The number of carbonyl (C=O) groups excluding carboxylic acids is 1. The first kappa shape index (κ1) is 23.4. The molecular weight excluding hydrogens is 514 g/mol. The minimum absolute atomic E-state index is 0. The minimum atomic E-state index is -4.69. The number of hydrogen-bond donors (Lipinski definition) is 2. The van der Waals surface area contributed by atoms with Gasteiger partial charge >= 0.3 is 12.2 Å². The van der Waals surface area contributed by atoms with E-state index >= 15 is 0 Å². The van der Waals surface area contributed by atoms with Crippen molar-refractivity contribution in [3.05, 3.63) is 71.5 Å². The van der Waals surface area contributed by atoms with Crippen molar-refractivity contribution >= 4 is 67.6 Å². The molecule has 32 heavy (non-hydrogen) atoms. The number of nitrogens with two attached hydrogens (primary N) is 1. The van der Waals surface area contributed by atoms with E-state index in [0.717, 1.165) is 0 Å². The van der Waals surface area contributed by atoms with Gasteiger partial charge in [0.25, 0.3) is 0 Å². The monoisotopic (exact) mass is 527 g/mol. The molecule has 0 aliphatic rings. The number of nitrogens with one attached hydrogen (secondary N) is 1. The highest BCUT2D eigenvalue weighted by molar-refractivity contribution is 8.93. The molecule has 0 unspecified atom stereocenters. The largest absolute Gasteiger partial charge is 0.416 e. The standard InChI is InChI=1S/C20H13F4N5OS.BrH/c21-14-7-6-11(20(22,23)24)8-15(14)27-19(30)29(12-4-2-1-3-5-12)16-10-31-17-13(16)9-26-18(25)28-17;/h1-10H,(H,27,30)(H2,25,26,28);1H. The zero-order chi connectivity index (χ0) is 22.2. The summed E-state index contributed by atoms with van der Waals surface area (Å²) in [6, 6.07) is 9.31.